The highest BCUT2D eigenvalue weighted by Gasteiger charge is 2.26. The highest BCUT2D eigenvalue weighted by molar-refractivity contribution is 5.96. The maximum atomic E-state index is 12.1. The van der Waals surface area contributed by atoms with Gasteiger partial charge in [-0.2, -0.15) is 0 Å². The number of amides is 1. The van der Waals surface area contributed by atoms with Gasteiger partial charge in [-0.25, -0.2) is 0 Å². The van der Waals surface area contributed by atoms with Gasteiger partial charge in [0.05, 0.1) is 24.6 Å². The van der Waals surface area contributed by atoms with Crippen molar-refractivity contribution < 1.29 is 9.53 Å². The van der Waals surface area contributed by atoms with E-state index < -0.39 is 0 Å². The molecule has 0 spiro atoms. The average molecular weight is 260 g/mol. The monoisotopic (exact) mass is 260 g/mol. The predicted molar refractivity (Wildman–Crippen MR) is 75.4 cm³/mol. The van der Waals surface area contributed by atoms with Gasteiger partial charge < -0.3 is 15.0 Å². The Morgan fingerprint density at radius 2 is 1.95 bits per heavy atom. The second-order valence-corrected chi connectivity index (χ2v) is 5.23. The van der Waals surface area contributed by atoms with Gasteiger partial charge in [-0.3, -0.25) is 4.79 Å². The Morgan fingerprint density at radius 3 is 2.63 bits per heavy atom. The fraction of sp³-hybridized carbons (Fsp3) is 0.533. The highest BCUT2D eigenvalue weighted by atomic mass is 16.5. The molecular weight excluding hydrogens is 240 g/mol. The third-order valence-corrected chi connectivity index (χ3v) is 3.99. The van der Waals surface area contributed by atoms with Crippen LogP contribution in [0.15, 0.2) is 24.3 Å². The van der Waals surface area contributed by atoms with Gasteiger partial charge in [-0.15, -0.1) is 0 Å². The van der Waals surface area contributed by atoms with Crippen LogP contribution in [0.5, 0.6) is 0 Å². The van der Waals surface area contributed by atoms with Gasteiger partial charge in [0.2, 0.25) is 5.91 Å². The Hall–Kier alpha value is -1.55. The summed E-state index contributed by atoms with van der Waals surface area (Å²) in [5, 5.41) is 3.09. The Labute approximate surface area is 113 Å². The minimum absolute atomic E-state index is 0.173. The summed E-state index contributed by atoms with van der Waals surface area (Å²) in [5.74, 6) is 0.393. The SMILES string of the molecule is O=C(Nc1ccccc1N1CCOCC1)C1CCC1. The molecular formula is C15H20N2O2. The van der Waals surface area contributed by atoms with Crippen molar-refractivity contribution in [2.45, 2.75) is 19.3 Å². The number of hydrogen-bond donors (Lipinski definition) is 1. The molecule has 2 aliphatic rings. The number of carbonyl (C=O) groups is 1. The summed E-state index contributed by atoms with van der Waals surface area (Å²) in [6.45, 7) is 3.28. The number of carbonyl (C=O) groups excluding carboxylic acids is 1. The zero-order valence-electron chi connectivity index (χ0n) is 11.1. The Kier molecular flexibility index (Phi) is 3.69. The van der Waals surface area contributed by atoms with Crippen LogP contribution in [-0.4, -0.2) is 32.2 Å². The Balaban J connectivity index is 1.74. The van der Waals surface area contributed by atoms with Crippen molar-refractivity contribution in [3.05, 3.63) is 24.3 Å². The summed E-state index contributed by atoms with van der Waals surface area (Å²) in [7, 11) is 0. The molecule has 0 atom stereocenters. The number of benzene rings is 1. The number of morpholine rings is 1. The Morgan fingerprint density at radius 1 is 1.21 bits per heavy atom. The van der Waals surface area contributed by atoms with Gasteiger partial charge >= 0.3 is 0 Å². The van der Waals surface area contributed by atoms with Crippen LogP contribution in [-0.2, 0) is 9.53 Å². The van der Waals surface area contributed by atoms with Crippen LogP contribution in [0, 0.1) is 5.92 Å². The molecule has 1 N–H and O–H groups in total. The van der Waals surface area contributed by atoms with E-state index in [2.05, 4.69) is 16.3 Å². The van der Waals surface area contributed by atoms with Gasteiger partial charge in [0.25, 0.3) is 0 Å². The van der Waals surface area contributed by atoms with E-state index in [0.717, 1.165) is 50.5 Å². The maximum Gasteiger partial charge on any atom is 0.227 e. The van der Waals surface area contributed by atoms with Gasteiger partial charge in [0.15, 0.2) is 0 Å². The van der Waals surface area contributed by atoms with E-state index in [4.69, 9.17) is 4.74 Å². The van der Waals surface area contributed by atoms with Crippen molar-refractivity contribution >= 4 is 17.3 Å². The van der Waals surface area contributed by atoms with Crippen molar-refractivity contribution in [1.82, 2.24) is 0 Å². The number of para-hydroxylation sites is 2. The largest absolute Gasteiger partial charge is 0.378 e. The summed E-state index contributed by atoms with van der Waals surface area (Å²) in [5.41, 5.74) is 2.04. The molecule has 0 aromatic heterocycles. The summed E-state index contributed by atoms with van der Waals surface area (Å²) in [4.78, 5) is 14.4. The average Bonchev–Trinajstić information content (AvgIpc) is 2.38. The molecule has 102 valence electrons. The van der Waals surface area contributed by atoms with Crippen LogP contribution in [0.3, 0.4) is 0 Å². The van der Waals surface area contributed by atoms with Crippen molar-refractivity contribution in [3.8, 4) is 0 Å². The first-order chi connectivity index (χ1) is 9.34. The smallest absolute Gasteiger partial charge is 0.227 e. The second-order valence-electron chi connectivity index (χ2n) is 5.23. The maximum absolute atomic E-state index is 12.1. The van der Waals surface area contributed by atoms with Gasteiger partial charge in [-0.1, -0.05) is 18.6 Å². The van der Waals surface area contributed by atoms with Crippen molar-refractivity contribution in [1.29, 1.82) is 0 Å². The molecule has 1 saturated carbocycles. The third-order valence-electron chi connectivity index (χ3n) is 3.99. The zero-order valence-corrected chi connectivity index (χ0v) is 11.1. The molecule has 2 fully saturated rings. The lowest BCUT2D eigenvalue weighted by atomic mass is 9.85. The topological polar surface area (TPSA) is 41.6 Å². The van der Waals surface area contributed by atoms with Gasteiger partial charge in [0, 0.05) is 19.0 Å². The number of anilines is 2. The van der Waals surface area contributed by atoms with E-state index in [1.807, 2.05) is 18.2 Å². The first kappa shape index (κ1) is 12.5. The quantitative estimate of drug-likeness (QED) is 0.906. The molecule has 1 amide bonds. The molecule has 19 heavy (non-hydrogen) atoms. The fourth-order valence-corrected chi connectivity index (χ4v) is 2.56. The summed E-state index contributed by atoms with van der Waals surface area (Å²) >= 11 is 0. The van der Waals surface area contributed by atoms with Crippen molar-refractivity contribution in [2.24, 2.45) is 5.92 Å². The van der Waals surface area contributed by atoms with Crippen LogP contribution in [0.4, 0.5) is 11.4 Å². The van der Waals surface area contributed by atoms with Crippen molar-refractivity contribution in [2.75, 3.05) is 36.5 Å². The van der Waals surface area contributed by atoms with E-state index in [9.17, 15) is 4.79 Å². The summed E-state index contributed by atoms with van der Waals surface area (Å²) < 4.78 is 5.38. The lowest BCUT2D eigenvalue weighted by Gasteiger charge is -2.31. The minimum Gasteiger partial charge on any atom is -0.378 e. The molecule has 3 rings (SSSR count). The molecule has 1 saturated heterocycles. The lowest BCUT2D eigenvalue weighted by molar-refractivity contribution is -0.122. The van der Waals surface area contributed by atoms with Crippen LogP contribution < -0.4 is 10.2 Å². The zero-order chi connectivity index (χ0) is 13.1. The second kappa shape index (κ2) is 5.61. The minimum atomic E-state index is 0.173. The summed E-state index contributed by atoms with van der Waals surface area (Å²) in [6, 6.07) is 8.05. The lowest BCUT2D eigenvalue weighted by Crippen LogP contribution is -2.37. The van der Waals surface area contributed by atoms with E-state index in [1.165, 1.54) is 6.42 Å². The highest BCUT2D eigenvalue weighted by Crippen LogP contribution is 2.31. The Bertz CT molecular complexity index is 451. The van der Waals surface area contributed by atoms with E-state index >= 15 is 0 Å². The van der Waals surface area contributed by atoms with Crippen LogP contribution in [0.1, 0.15) is 19.3 Å². The third kappa shape index (κ3) is 2.73. The normalized spacial score (nSPS) is 19.9. The molecule has 1 aromatic rings. The summed E-state index contributed by atoms with van der Waals surface area (Å²) in [6.07, 6.45) is 3.25. The molecule has 1 aromatic carbocycles. The molecule has 0 unspecified atom stereocenters. The van der Waals surface area contributed by atoms with Gasteiger partial charge in [-0.05, 0) is 25.0 Å². The van der Waals surface area contributed by atoms with E-state index in [0.29, 0.717) is 0 Å². The first-order valence-electron chi connectivity index (χ1n) is 7.07. The molecule has 0 radical (unpaired) electrons. The van der Waals surface area contributed by atoms with Gasteiger partial charge in [0.1, 0.15) is 0 Å². The molecule has 1 aliphatic heterocycles. The van der Waals surface area contributed by atoms with Crippen molar-refractivity contribution in [3.63, 3.8) is 0 Å². The first-order valence-corrected chi connectivity index (χ1v) is 7.07. The fourth-order valence-electron chi connectivity index (χ4n) is 2.56. The molecule has 4 nitrogen and oxygen atoms in total. The number of hydrogen-bond acceptors (Lipinski definition) is 3. The molecule has 0 bridgehead atoms. The van der Waals surface area contributed by atoms with E-state index in [-0.39, 0.29) is 11.8 Å². The molecule has 1 aliphatic carbocycles. The number of rotatable bonds is 3. The van der Waals surface area contributed by atoms with E-state index in [1.54, 1.807) is 0 Å². The molecule has 4 heteroatoms. The van der Waals surface area contributed by atoms with Crippen LogP contribution >= 0.6 is 0 Å². The molecule has 1 heterocycles. The number of nitrogens with one attached hydrogen (secondary N) is 1. The van der Waals surface area contributed by atoms with Crippen LogP contribution in [0.25, 0.3) is 0 Å². The standard InChI is InChI=1S/C15H20N2O2/c18-15(12-4-3-5-12)16-13-6-1-2-7-14(13)17-8-10-19-11-9-17/h1-2,6-7,12H,3-5,8-11H2,(H,16,18). The number of nitrogens with zero attached hydrogens (tertiary/aromatic N) is 1. The predicted octanol–water partition coefficient (Wildman–Crippen LogP) is 2.26. The number of ether oxygens (including phenoxy) is 1. The van der Waals surface area contributed by atoms with Crippen LogP contribution in [0.2, 0.25) is 0 Å².